The van der Waals surface area contributed by atoms with Crippen molar-refractivity contribution in [3.05, 3.63) is 52.8 Å². The van der Waals surface area contributed by atoms with Gasteiger partial charge in [-0.3, -0.25) is 19.2 Å². The molecule has 2 aliphatic rings. The summed E-state index contributed by atoms with van der Waals surface area (Å²) in [6.07, 6.45) is 1.23. The fraction of sp³-hybridized carbons (Fsp3) is 0.381. The molecule has 1 aromatic heterocycles. The van der Waals surface area contributed by atoms with Crippen molar-refractivity contribution in [1.29, 1.82) is 0 Å². The predicted octanol–water partition coefficient (Wildman–Crippen LogP) is 2.01. The number of carbonyl (C=O) groups is 4. The van der Waals surface area contributed by atoms with Crippen LogP contribution in [-0.2, 0) is 27.8 Å². The minimum absolute atomic E-state index is 0.148. The molecule has 4 rings (SSSR count). The smallest absolute Gasteiger partial charge is 0.411 e. The number of fused-ring (bicyclic) bond motifs is 2. The van der Waals surface area contributed by atoms with E-state index in [0.29, 0.717) is 17.0 Å². The number of aromatic nitrogens is 2. The summed E-state index contributed by atoms with van der Waals surface area (Å²) in [4.78, 5) is 57.6. The second-order valence-corrected chi connectivity index (χ2v) is 8.36. The number of aryl methyl sites for hydroxylation is 1. The minimum atomic E-state index is -1.21. The van der Waals surface area contributed by atoms with Gasteiger partial charge in [-0.05, 0) is 32.9 Å². The summed E-state index contributed by atoms with van der Waals surface area (Å²) in [6.45, 7) is 5.34. The zero-order valence-corrected chi connectivity index (χ0v) is 17.6. The molecule has 1 unspecified atom stereocenters. The van der Waals surface area contributed by atoms with E-state index in [1.54, 1.807) is 44.6 Å². The van der Waals surface area contributed by atoms with Crippen LogP contribution in [0, 0.1) is 0 Å². The number of hydroxylamine groups is 2. The quantitative estimate of drug-likeness (QED) is 0.676. The molecule has 0 saturated heterocycles. The highest BCUT2D eigenvalue weighted by molar-refractivity contribution is 6.21. The average Bonchev–Trinajstić information content (AvgIpc) is 3.19. The number of amides is 3. The SMILES string of the molecule is Cn1ncc2c1CCN(C(=O)OC(C)(C)C)C2C(=O)ON1C(=O)c2ccccc2C1=O. The molecular formula is C21H22N4O6. The first-order valence-corrected chi connectivity index (χ1v) is 9.78. The van der Waals surface area contributed by atoms with E-state index >= 15 is 0 Å². The summed E-state index contributed by atoms with van der Waals surface area (Å²) in [5, 5.41) is 4.61. The molecule has 0 radical (unpaired) electrons. The van der Waals surface area contributed by atoms with E-state index in [1.807, 2.05) is 0 Å². The van der Waals surface area contributed by atoms with Gasteiger partial charge in [0.05, 0.1) is 17.3 Å². The van der Waals surface area contributed by atoms with Crippen LogP contribution in [0.3, 0.4) is 0 Å². The Labute approximate surface area is 178 Å². The molecule has 10 nitrogen and oxygen atoms in total. The fourth-order valence-electron chi connectivity index (χ4n) is 3.70. The van der Waals surface area contributed by atoms with Crippen molar-refractivity contribution < 1.29 is 28.8 Å². The largest absolute Gasteiger partial charge is 0.444 e. The lowest BCUT2D eigenvalue weighted by atomic mass is 9.99. The molecule has 0 bridgehead atoms. The number of hydrogen-bond donors (Lipinski definition) is 0. The molecule has 2 aliphatic heterocycles. The number of imide groups is 1. The van der Waals surface area contributed by atoms with Gasteiger partial charge >= 0.3 is 12.1 Å². The minimum Gasteiger partial charge on any atom is -0.444 e. The van der Waals surface area contributed by atoms with E-state index in [0.717, 1.165) is 5.69 Å². The zero-order chi connectivity index (χ0) is 22.5. The van der Waals surface area contributed by atoms with E-state index in [4.69, 9.17) is 9.57 Å². The molecule has 0 N–H and O–H groups in total. The van der Waals surface area contributed by atoms with Gasteiger partial charge < -0.3 is 9.57 Å². The highest BCUT2D eigenvalue weighted by atomic mass is 16.7. The van der Waals surface area contributed by atoms with Crippen molar-refractivity contribution in [3.8, 4) is 0 Å². The van der Waals surface area contributed by atoms with E-state index in [2.05, 4.69) is 5.10 Å². The first-order valence-electron chi connectivity index (χ1n) is 9.78. The summed E-state index contributed by atoms with van der Waals surface area (Å²) >= 11 is 0. The van der Waals surface area contributed by atoms with Crippen molar-refractivity contribution in [3.63, 3.8) is 0 Å². The predicted molar refractivity (Wildman–Crippen MR) is 106 cm³/mol. The Kier molecular flexibility index (Phi) is 4.79. The fourth-order valence-corrected chi connectivity index (χ4v) is 3.70. The van der Waals surface area contributed by atoms with Crippen LogP contribution >= 0.6 is 0 Å². The lowest BCUT2D eigenvalue weighted by Crippen LogP contribution is -2.48. The molecule has 3 amide bonds. The maximum atomic E-state index is 13.2. The van der Waals surface area contributed by atoms with Gasteiger partial charge in [-0.15, -0.1) is 0 Å². The summed E-state index contributed by atoms with van der Waals surface area (Å²) in [6, 6.07) is 4.98. The van der Waals surface area contributed by atoms with Gasteiger partial charge in [-0.1, -0.05) is 17.2 Å². The lowest BCUT2D eigenvalue weighted by Gasteiger charge is -2.35. The Morgan fingerprint density at radius 3 is 2.29 bits per heavy atom. The van der Waals surface area contributed by atoms with Crippen molar-refractivity contribution in [2.75, 3.05) is 6.54 Å². The molecule has 2 aromatic rings. The van der Waals surface area contributed by atoms with Crippen LogP contribution in [0.5, 0.6) is 0 Å². The zero-order valence-electron chi connectivity index (χ0n) is 17.6. The Morgan fingerprint density at radius 2 is 1.71 bits per heavy atom. The van der Waals surface area contributed by atoms with Crippen molar-refractivity contribution in [2.45, 2.75) is 38.8 Å². The van der Waals surface area contributed by atoms with Gasteiger partial charge in [0.2, 0.25) is 0 Å². The highest BCUT2D eigenvalue weighted by Crippen LogP contribution is 2.33. The van der Waals surface area contributed by atoms with Gasteiger partial charge in [0, 0.05) is 31.3 Å². The Hall–Kier alpha value is -3.69. The van der Waals surface area contributed by atoms with Gasteiger partial charge in [0.15, 0.2) is 6.04 Å². The maximum Gasteiger partial charge on any atom is 0.411 e. The topological polar surface area (TPSA) is 111 Å². The highest BCUT2D eigenvalue weighted by Gasteiger charge is 2.45. The van der Waals surface area contributed by atoms with Crippen LogP contribution in [0.15, 0.2) is 30.5 Å². The molecule has 1 atom stereocenters. The third-order valence-electron chi connectivity index (χ3n) is 5.08. The van der Waals surface area contributed by atoms with Crippen molar-refractivity contribution in [1.82, 2.24) is 19.7 Å². The Morgan fingerprint density at radius 1 is 1.10 bits per heavy atom. The van der Waals surface area contributed by atoms with E-state index in [9.17, 15) is 19.2 Å². The number of hydrogen-bond acceptors (Lipinski definition) is 7. The number of benzene rings is 1. The normalized spacial score (nSPS) is 18.0. The molecule has 0 spiro atoms. The van der Waals surface area contributed by atoms with Crippen molar-refractivity contribution >= 4 is 23.9 Å². The van der Waals surface area contributed by atoms with Crippen LogP contribution in [-0.4, -0.2) is 55.8 Å². The third kappa shape index (κ3) is 3.54. The number of rotatable bonds is 2. The van der Waals surface area contributed by atoms with E-state index < -0.39 is 35.5 Å². The second kappa shape index (κ2) is 7.22. The van der Waals surface area contributed by atoms with Crippen molar-refractivity contribution in [2.24, 2.45) is 7.05 Å². The van der Waals surface area contributed by atoms with Gasteiger partial charge in [0.1, 0.15) is 5.60 Å². The standard InChI is InChI=1S/C21H22N4O6/c1-21(2,3)30-20(29)24-10-9-15-14(11-22-23(15)4)16(24)19(28)31-25-17(26)12-7-5-6-8-13(12)18(25)27/h5-8,11,16H,9-10H2,1-4H3. The molecule has 10 heteroatoms. The summed E-state index contributed by atoms with van der Waals surface area (Å²) in [5.74, 6) is -2.42. The molecule has 31 heavy (non-hydrogen) atoms. The molecule has 1 aromatic carbocycles. The third-order valence-corrected chi connectivity index (χ3v) is 5.08. The Bertz CT molecular complexity index is 1060. The Balaban J connectivity index is 1.64. The van der Waals surface area contributed by atoms with Gasteiger partial charge in [0.25, 0.3) is 11.8 Å². The van der Waals surface area contributed by atoms with Crippen LogP contribution in [0.1, 0.15) is 58.8 Å². The molecule has 0 aliphatic carbocycles. The molecule has 0 fully saturated rings. The molecule has 0 saturated carbocycles. The molecule has 162 valence electrons. The monoisotopic (exact) mass is 426 g/mol. The second-order valence-electron chi connectivity index (χ2n) is 8.36. The number of ether oxygens (including phenoxy) is 1. The van der Waals surface area contributed by atoms with Crippen LogP contribution in [0.2, 0.25) is 0 Å². The van der Waals surface area contributed by atoms with Gasteiger partial charge in [-0.2, -0.15) is 5.10 Å². The van der Waals surface area contributed by atoms with Crippen LogP contribution < -0.4 is 0 Å². The van der Waals surface area contributed by atoms with E-state index in [-0.39, 0.29) is 17.7 Å². The number of nitrogens with zero attached hydrogens (tertiary/aromatic N) is 4. The maximum absolute atomic E-state index is 13.2. The number of carbonyl (C=O) groups excluding carboxylic acids is 4. The van der Waals surface area contributed by atoms with Crippen LogP contribution in [0.4, 0.5) is 4.79 Å². The summed E-state index contributed by atoms with van der Waals surface area (Å²) in [5.41, 5.74) is 0.735. The summed E-state index contributed by atoms with van der Waals surface area (Å²) < 4.78 is 7.06. The van der Waals surface area contributed by atoms with Gasteiger partial charge in [-0.25, -0.2) is 9.59 Å². The molecule has 3 heterocycles. The first-order chi connectivity index (χ1) is 14.6. The average molecular weight is 426 g/mol. The lowest BCUT2D eigenvalue weighted by molar-refractivity contribution is -0.175. The van der Waals surface area contributed by atoms with E-state index in [1.165, 1.54) is 23.2 Å². The summed E-state index contributed by atoms with van der Waals surface area (Å²) in [7, 11) is 1.73. The van der Waals surface area contributed by atoms with Crippen LogP contribution in [0.25, 0.3) is 0 Å². The molecular weight excluding hydrogens is 404 g/mol. The first kappa shape index (κ1) is 20.6.